The second kappa shape index (κ2) is 3.57. The van der Waals surface area contributed by atoms with E-state index in [4.69, 9.17) is 10.4 Å². The van der Waals surface area contributed by atoms with Crippen LogP contribution in [-0.2, 0) is 0 Å². The highest BCUT2D eigenvalue weighted by atomic mass is 19.1. The van der Waals surface area contributed by atoms with Crippen molar-refractivity contribution in [2.75, 3.05) is 6.61 Å². The molecule has 0 saturated carbocycles. The average Bonchev–Trinajstić information content (AvgIpc) is 1.68. The average molecular weight is 103 g/mol. The Balaban J connectivity index is 3.03. The summed E-state index contributed by atoms with van der Waals surface area (Å²) in [5.74, 6) is 0. The number of nitriles is 1. The minimum absolute atomic E-state index is 0.212. The van der Waals surface area contributed by atoms with Crippen molar-refractivity contribution >= 4 is 0 Å². The molecule has 0 fully saturated rings. The molecule has 1 atom stereocenters. The lowest BCUT2D eigenvalue weighted by Gasteiger charge is -1.91. The van der Waals surface area contributed by atoms with Crippen LogP contribution in [0, 0.1) is 11.3 Å². The summed E-state index contributed by atoms with van der Waals surface area (Å²) in [6.07, 6.45) is -1.57. The zero-order chi connectivity index (χ0) is 5.70. The first kappa shape index (κ1) is 6.38. The third-order valence-corrected chi connectivity index (χ3v) is 0.511. The fourth-order valence-corrected chi connectivity index (χ4v) is 0.164. The Labute approximate surface area is 41.2 Å². The van der Waals surface area contributed by atoms with Gasteiger partial charge in [0, 0.05) is 0 Å². The topological polar surface area (TPSA) is 44.0 Å². The summed E-state index contributed by atoms with van der Waals surface area (Å²) in [6, 6.07) is 1.58. The SMILES string of the molecule is N#CC[C@@H](F)CO. The number of hydrogen-bond donors (Lipinski definition) is 1. The molecule has 0 rings (SSSR count). The van der Waals surface area contributed by atoms with E-state index in [1.54, 1.807) is 6.07 Å². The van der Waals surface area contributed by atoms with E-state index in [0.29, 0.717) is 0 Å². The third kappa shape index (κ3) is 3.20. The van der Waals surface area contributed by atoms with Crippen molar-refractivity contribution in [3.63, 3.8) is 0 Å². The molecule has 0 amide bonds. The van der Waals surface area contributed by atoms with Crippen LogP contribution in [0.3, 0.4) is 0 Å². The Bertz CT molecular complexity index is 78.2. The van der Waals surface area contributed by atoms with Gasteiger partial charge in [0.25, 0.3) is 0 Å². The van der Waals surface area contributed by atoms with Gasteiger partial charge in [0.15, 0.2) is 0 Å². The molecule has 0 unspecified atom stereocenters. The van der Waals surface area contributed by atoms with Gasteiger partial charge in [0.1, 0.15) is 6.17 Å². The van der Waals surface area contributed by atoms with Gasteiger partial charge >= 0.3 is 0 Å². The molecule has 0 bridgehead atoms. The highest BCUT2D eigenvalue weighted by Gasteiger charge is 1.99. The van der Waals surface area contributed by atoms with Crippen LogP contribution < -0.4 is 0 Å². The summed E-state index contributed by atoms with van der Waals surface area (Å²) in [4.78, 5) is 0. The van der Waals surface area contributed by atoms with Crippen LogP contribution in [0.1, 0.15) is 6.42 Å². The quantitative estimate of drug-likeness (QED) is 0.543. The Morgan fingerprint density at radius 3 is 2.57 bits per heavy atom. The molecule has 1 N–H and O–H groups in total. The van der Waals surface area contributed by atoms with Crippen molar-refractivity contribution in [3.8, 4) is 6.07 Å². The van der Waals surface area contributed by atoms with Crippen LogP contribution in [0.15, 0.2) is 0 Å². The van der Waals surface area contributed by atoms with Crippen molar-refractivity contribution in [2.24, 2.45) is 0 Å². The van der Waals surface area contributed by atoms with Crippen molar-refractivity contribution in [3.05, 3.63) is 0 Å². The highest BCUT2D eigenvalue weighted by molar-refractivity contribution is 4.74. The predicted octanol–water partition coefficient (Wildman–Crippen LogP) is 0.230. The second-order valence-electron chi connectivity index (χ2n) is 1.14. The van der Waals surface area contributed by atoms with E-state index >= 15 is 0 Å². The maximum atomic E-state index is 11.7. The molecule has 0 aromatic rings. The number of alkyl halides is 1. The normalized spacial score (nSPS) is 12.7. The van der Waals surface area contributed by atoms with Crippen LogP contribution in [0.25, 0.3) is 0 Å². The van der Waals surface area contributed by atoms with Crippen molar-refractivity contribution in [1.29, 1.82) is 5.26 Å². The van der Waals surface area contributed by atoms with Gasteiger partial charge in [-0.3, -0.25) is 0 Å². The smallest absolute Gasteiger partial charge is 0.136 e. The summed E-state index contributed by atoms with van der Waals surface area (Å²) in [6.45, 7) is -0.548. The molecule has 0 aliphatic carbocycles. The molecule has 2 nitrogen and oxygen atoms in total. The number of hydrogen-bond acceptors (Lipinski definition) is 2. The zero-order valence-corrected chi connectivity index (χ0v) is 3.76. The van der Waals surface area contributed by atoms with Crippen LogP contribution in [-0.4, -0.2) is 17.9 Å². The number of rotatable bonds is 2. The van der Waals surface area contributed by atoms with E-state index in [0.717, 1.165) is 0 Å². The maximum Gasteiger partial charge on any atom is 0.136 e. The lowest BCUT2D eigenvalue weighted by molar-refractivity contribution is 0.181. The molecule has 0 saturated heterocycles. The second-order valence-corrected chi connectivity index (χ2v) is 1.14. The standard InChI is InChI=1S/C4H6FNO/c5-4(3-7)1-2-6/h4,7H,1,3H2/t4-/m1/s1. The van der Waals surface area contributed by atoms with Crippen LogP contribution in [0.4, 0.5) is 4.39 Å². The minimum Gasteiger partial charge on any atom is -0.393 e. The molecule has 0 aliphatic rings. The molecule has 40 valence electrons. The summed E-state index contributed by atoms with van der Waals surface area (Å²) in [7, 11) is 0. The van der Waals surface area contributed by atoms with Crippen LogP contribution in [0.5, 0.6) is 0 Å². The van der Waals surface area contributed by atoms with Gasteiger partial charge in [-0.1, -0.05) is 0 Å². The lowest BCUT2D eigenvalue weighted by atomic mass is 10.3. The summed E-state index contributed by atoms with van der Waals surface area (Å²) < 4.78 is 11.7. The first-order valence-corrected chi connectivity index (χ1v) is 1.93. The predicted molar refractivity (Wildman–Crippen MR) is 22.2 cm³/mol. The molecule has 0 aromatic heterocycles. The molecule has 0 aromatic carbocycles. The lowest BCUT2D eigenvalue weighted by Crippen LogP contribution is -2.03. The van der Waals surface area contributed by atoms with Gasteiger partial charge in [-0.25, -0.2) is 4.39 Å². The summed E-state index contributed by atoms with van der Waals surface area (Å²) in [5.41, 5.74) is 0. The molecule has 7 heavy (non-hydrogen) atoms. The number of aliphatic hydroxyl groups is 1. The van der Waals surface area contributed by atoms with Crippen molar-refractivity contribution in [1.82, 2.24) is 0 Å². The third-order valence-electron chi connectivity index (χ3n) is 0.511. The first-order chi connectivity index (χ1) is 3.31. The fraction of sp³-hybridized carbons (Fsp3) is 0.750. The number of halogens is 1. The molecular formula is C4H6FNO. The summed E-state index contributed by atoms with van der Waals surface area (Å²) >= 11 is 0. The van der Waals surface area contributed by atoms with Crippen LogP contribution >= 0.6 is 0 Å². The van der Waals surface area contributed by atoms with Crippen molar-refractivity contribution < 1.29 is 9.50 Å². The molecule has 0 radical (unpaired) electrons. The Morgan fingerprint density at radius 2 is 2.43 bits per heavy atom. The van der Waals surface area contributed by atoms with Crippen molar-refractivity contribution in [2.45, 2.75) is 12.6 Å². The van der Waals surface area contributed by atoms with E-state index in [9.17, 15) is 4.39 Å². The van der Waals surface area contributed by atoms with E-state index in [2.05, 4.69) is 0 Å². The molecular weight excluding hydrogens is 97.0 g/mol. The van der Waals surface area contributed by atoms with Gasteiger partial charge in [0.2, 0.25) is 0 Å². The van der Waals surface area contributed by atoms with E-state index < -0.39 is 12.8 Å². The van der Waals surface area contributed by atoms with Crippen LogP contribution in [0.2, 0.25) is 0 Å². The minimum atomic E-state index is -1.36. The van der Waals surface area contributed by atoms with Gasteiger partial charge < -0.3 is 5.11 Å². The zero-order valence-electron chi connectivity index (χ0n) is 3.76. The molecule has 0 heterocycles. The Morgan fingerprint density at radius 1 is 1.86 bits per heavy atom. The Kier molecular flexibility index (Phi) is 3.25. The van der Waals surface area contributed by atoms with Gasteiger partial charge in [-0.15, -0.1) is 0 Å². The van der Waals surface area contributed by atoms with E-state index in [1.807, 2.05) is 0 Å². The largest absolute Gasteiger partial charge is 0.393 e. The molecule has 3 heteroatoms. The molecule has 0 aliphatic heterocycles. The first-order valence-electron chi connectivity index (χ1n) is 1.93. The number of nitrogens with zero attached hydrogens (tertiary/aromatic N) is 1. The maximum absolute atomic E-state index is 11.7. The van der Waals surface area contributed by atoms with Gasteiger partial charge in [-0.05, 0) is 0 Å². The monoisotopic (exact) mass is 103 g/mol. The van der Waals surface area contributed by atoms with Gasteiger partial charge in [0.05, 0.1) is 19.1 Å². The van der Waals surface area contributed by atoms with Gasteiger partial charge in [-0.2, -0.15) is 5.26 Å². The molecule has 0 spiro atoms. The summed E-state index contributed by atoms with van der Waals surface area (Å²) in [5, 5.41) is 15.7. The fourth-order valence-electron chi connectivity index (χ4n) is 0.164. The van der Waals surface area contributed by atoms with E-state index in [-0.39, 0.29) is 6.42 Å². The Hall–Kier alpha value is -0.620. The number of aliphatic hydroxyl groups excluding tert-OH is 1. The highest BCUT2D eigenvalue weighted by Crippen LogP contribution is 1.91. The van der Waals surface area contributed by atoms with E-state index in [1.165, 1.54) is 0 Å².